The summed E-state index contributed by atoms with van der Waals surface area (Å²) in [5.41, 5.74) is 4.96. The molecule has 0 aliphatic rings. The minimum absolute atomic E-state index is 0.0429. The molecule has 0 saturated heterocycles. The van der Waals surface area contributed by atoms with Crippen LogP contribution < -0.4 is 11.1 Å². The molecule has 0 aliphatic carbocycles. The van der Waals surface area contributed by atoms with Gasteiger partial charge in [0.1, 0.15) is 0 Å². The number of thioether (sulfide) groups is 1. The first-order valence-electron chi connectivity index (χ1n) is 5.23. The van der Waals surface area contributed by atoms with Crippen LogP contribution in [0, 0.1) is 5.92 Å². The largest absolute Gasteiger partial charge is 0.396 e. The van der Waals surface area contributed by atoms with Crippen LogP contribution in [0.2, 0.25) is 0 Å². The Morgan fingerprint density at radius 1 is 1.44 bits per heavy atom. The second-order valence-corrected chi connectivity index (χ2v) is 4.89. The van der Waals surface area contributed by atoms with E-state index in [0.717, 1.165) is 0 Å². The van der Waals surface area contributed by atoms with E-state index in [9.17, 15) is 9.59 Å². The molecule has 6 heteroatoms. The number of rotatable bonds is 8. The van der Waals surface area contributed by atoms with Crippen LogP contribution in [-0.4, -0.2) is 41.1 Å². The molecule has 2 atom stereocenters. The van der Waals surface area contributed by atoms with Crippen molar-refractivity contribution in [1.29, 1.82) is 0 Å². The minimum Gasteiger partial charge on any atom is -0.396 e. The van der Waals surface area contributed by atoms with E-state index in [4.69, 9.17) is 10.8 Å². The lowest BCUT2D eigenvalue weighted by Gasteiger charge is -2.19. The number of carbonyl (C=O) groups is 2. The summed E-state index contributed by atoms with van der Waals surface area (Å²) < 4.78 is 0. The molecule has 94 valence electrons. The van der Waals surface area contributed by atoms with E-state index in [1.165, 1.54) is 11.8 Å². The number of nitrogens with two attached hydrogens (primary N) is 1. The van der Waals surface area contributed by atoms with Crippen molar-refractivity contribution < 1.29 is 14.7 Å². The molecule has 0 aromatic heterocycles. The van der Waals surface area contributed by atoms with Crippen molar-refractivity contribution in [1.82, 2.24) is 5.32 Å². The Morgan fingerprint density at radius 2 is 2.06 bits per heavy atom. The standard InChI is InChI=1S/C10H20N2O3S/c1-7(5-13)8(2)12-10(15)3-4-16-6-9(11)14/h7-8,13H,3-6H2,1-2H3,(H2,11,14)(H,12,15). The zero-order valence-corrected chi connectivity index (χ0v) is 10.5. The van der Waals surface area contributed by atoms with Crippen LogP contribution in [0.5, 0.6) is 0 Å². The van der Waals surface area contributed by atoms with E-state index in [0.29, 0.717) is 12.2 Å². The zero-order chi connectivity index (χ0) is 12.6. The van der Waals surface area contributed by atoms with Gasteiger partial charge in [0.25, 0.3) is 0 Å². The predicted octanol–water partition coefficient (Wildman–Crippen LogP) is -0.272. The third kappa shape index (κ3) is 7.53. The fraction of sp³-hybridized carbons (Fsp3) is 0.800. The summed E-state index contributed by atoms with van der Waals surface area (Å²) in [4.78, 5) is 21.8. The molecule has 16 heavy (non-hydrogen) atoms. The maximum Gasteiger partial charge on any atom is 0.227 e. The Hall–Kier alpha value is -0.750. The average molecular weight is 248 g/mol. The van der Waals surface area contributed by atoms with Gasteiger partial charge in [-0.2, -0.15) is 11.8 Å². The monoisotopic (exact) mass is 248 g/mol. The minimum atomic E-state index is -0.368. The fourth-order valence-corrected chi connectivity index (χ4v) is 1.64. The first-order valence-corrected chi connectivity index (χ1v) is 6.39. The number of aliphatic hydroxyl groups is 1. The van der Waals surface area contributed by atoms with Gasteiger partial charge >= 0.3 is 0 Å². The molecule has 0 aromatic carbocycles. The average Bonchev–Trinajstić information content (AvgIpc) is 2.22. The second kappa shape index (κ2) is 8.41. The Bertz CT molecular complexity index is 236. The molecule has 0 aliphatic heterocycles. The zero-order valence-electron chi connectivity index (χ0n) is 9.73. The van der Waals surface area contributed by atoms with E-state index >= 15 is 0 Å². The van der Waals surface area contributed by atoms with Crippen molar-refractivity contribution in [2.24, 2.45) is 11.7 Å². The van der Waals surface area contributed by atoms with Crippen molar-refractivity contribution >= 4 is 23.6 Å². The van der Waals surface area contributed by atoms with E-state index in [1.807, 2.05) is 13.8 Å². The summed E-state index contributed by atoms with van der Waals surface area (Å²) in [6.45, 7) is 3.78. The normalized spacial score (nSPS) is 14.2. The first-order chi connectivity index (χ1) is 7.47. The number of amides is 2. The van der Waals surface area contributed by atoms with Gasteiger partial charge in [0.05, 0.1) is 5.75 Å². The van der Waals surface area contributed by atoms with Gasteiger partial charge in [-0.1, -0.05) is 6.92 Å². The summed E-state index contributed by atoms with van der Waals surface area (Å²) in [6, 6.07) is -0.0429. The molecule has 0 saturated carbocycles. The van der Waals surface area contributed by atoms with Crippen molar-refractivity contribution in [3.63, 3.8) is 0 Å². The van der Waals surface area contributed by atoms with Crippen LogP contribution in [0.1, 0.15) is 20.3 Å². The van der Waals surface area contributed by atoms with Crippen molar-refractivity contribution in [3.05, 3.63) is 0 Å². The van der Waals surface area contributed by atoms with E-state index in [-0.39, 0.29) is 36.1 Å². The van der Waals surface area contributed by atoms with Gasteiger partial charge in [-0.15, -0.1) is 0 Å². The smallest absolute Gasteiger partial charge is 0.227 e. The number of hydrogen-bond donors (Lipinski definition) is 3. The fourth-order valence-electron chi connectivity index (χ4n) is 0.964. The van der Waals surface area contributed by atoms with Gasteiger partial charge in [0.2, 0.25) is 11.8 Å². The maximum absolute atomic E-state index is 11.4. The number of hydrogen-bond acceptors (Lipinski definition) is 4. The number of primary amides is 1. The van der Waals surface area contributed by atoms with Gasteiger partial charge < -0.3 is 16.2 Å². The summed E-state index contributed by atoms with van der Waals surface area (Å²) in [5.74, 6) is 0.435. The third-order valence-electron chi connectivity index (χ3n) is 2.25. The van der Waals surface area contributed by atoms with Crippen LogP contribution in [-0.2, 0) is 9.59 Å². The first kappa shape index (κ1) is 15.2. The molecule has 0 fully saturated rings. The van der Waals surface area contributed by atoms with Gasteiger partial charge in [0, 0.05) is 24.8 Å². The van der Waals surface area contributed by atoms with Crippen molar-refractivity contribution in [2.45, 2.75) is 26.3 Å². The topological polar surface area (TPSA) is 92.4 Å². The second-order valence-electron chi connectivity index (χ2n) is 3.78. The van der Waals surface area contributed by atoms with Gasteiger partial charge in [-0.25, -0.2) is 0 Å². The molecule has 2 unspecified atom stereocenters. The van der Waals surface area contributed by atoms with Crippen molar-refractivity contribution in [2.75, 3.05) is 18.1 Å². The van der Waals surface area contributed by atoms with Gasteiger partial charge in [0.15, 0.2) is 0 Å². The summed E-state index contributed by atoms with van der Waals surface area (Å²) in [6.07, 6.45) is 0.362. The highest BCUT2D eigenvalue weighted by molar-refractivity contribution is 7.99. The van der Waals surface area contributed by atoms with Crippen LogP contribution in [0.25, 0.3) is 0 Å². The molecule has 4 N–H and O–H groups in total. The molecular weight excluding hydrogens is 228 g/mol. The quantitative estimate of drug-likeness (QED) is 0.515. The SMILES string of the molecule is CC(CO)C(C)NC(=O)CCSCC(N)=O. The van der Waals surface area contributed by atoms with Crippen molar-refractivity contribution in [3.8, 4) is 0 Å². The Kier molecular flexibility index (Phi) is 8.01. The number of aliphatic hydroxyl groups excluding tert-OH is 1. The van der Waals surface area contributed by atoms with E-state index in [2.05, 4.69) is 5.32 Å². The Labute approximate surface area is 100 Å². The molecule has 0 spiro atoms. The maximum atomic E-state index is 11.4. The molecule has 0 aromatic rings. The highest BCUT2D eigenvalue weighted by Gasteiger charge is 2.13. The lowest BCUT2D eigenvalue weighted by atomic mass is 10.1. The Balaban J connectivity index is 3.62. The highest BCUT2D eigenvalue weighted by Crippen LogP contribution is 2.04. The molecular formula is C10H20N2O3S. The van der Waals surface area contributed by atoms with Crippen LogP contribution >= 0.6 is 11.8 Å². The molecule has 0 rings (SSSR count). The predicted molar refractivity (Wildman–Crippen MR) is 65.0 cm³/mol. The molecule has 0 heterocycles. The van der Waals surface area contributed by atoms with Crippen LogP contribution in [0.15, 0.2) is 0 Å². The van der Waals surface area contributed by atoms with Crippen LogP contribution in [0.4, 0.5) is 0 Å². The van der Waals surface area contributed by atoms with Crippen LogP contribution in [0.3, 0.4) is 0 Å². The molecule has 2 amide bonds. The van der Waals surface area contributed by atoms with Gasteiger partial charge in [-0.3, -0.25) is 9.59 Å². The number of carbonyl (C=O) groups excluding carboxylic acids is 2. The molecule has 0 radical (unpaired) electrons. The highest BCUT2D eigenvalue weighted by atomic mass is 32.2. The molecule has 0 bridgehead atoms. The molecule has 5 nitrogen and oxygen atoms in total. The number of nitrogens with one attached hydrogen (secondary N) is 1. The van der Waals surface area contributed by atoms with E-state index < -0.39 is 0 Å². The summed E-state index contributed by atoms with van der Waals surface area (Å²) in [7, 11) is 0. The van der Waals surface area contributed by atoms with E-state index in [1.54, 1.807) is 0 Å². The van der Waals surface area contributed by atoms with Gasteiger partial charge in [-0.05, 0) is 12.8 Å². The summed E-state index contributed by atoms with van der Waals surface area (Å²) in [5, 5.41) is 11.7. The Morgan fingerprint density at radius 3 is 2.56 bits per heavy atom. The summed E-state index contributed by atoms with van der Waals surface area (Å²) >= 11 is 1.35. The third-order valence-corrected chi connectivity index (χ3v) is 3.23. The lowest BCUT2D eigenvalue weighted by Crippen LogP contribution is -2.38. The lowest BCUT2D eigenvalue weighted by molar-refractivity contribution is -0.121.